The second-order valence-electron chi connectivity index (χ2n) is 4.91. The van der Waals surface area contributed by atoms with E-state index in [1.165, 1.54) is 0 Å². The molecule has 0 unspecified atom stereocenters. The van der Waals surface area contributed by atoms with Gasteiger partial charge < -0.3 is 10.4 Å². The van der Waals surface area contributed by atoms with Crippen LogP contribution in [-0.2, 0) is 16.1 Å². The van der Waals surface area contributed by atoms with Crippen molar-refractivity contribution in [3.63, 3.8) is 0 Å². The number of pyridine rings is 1. The smallest absolute Gasteiger partial charge is 0.307 e. The third-order valence-electron chi connectivity index (χ3n) is 3.61. The second-order valence-corrected chi connectivity index (χ2v) is 4.91. The molecule has 1 amide bonds. The summed E-state index contributed by atoms with van der Waals surface area (Å²) in [4.78, 5) is 27.2. The van der Waals surface area contributed by atoms with Crippen molar-refractivity contribution < 1.29 is 14.7 Å². The number of hydrogen-bond acceptors (Lipinski definition) is 3. The fourth-order valence-corrected chi connectivity index (χ4v) is 2.56. The summed E-state index contributed by atoms with van der Waals surface area (Å²) in [6.45, 7) is 0.398. The number of aliphatic carboxylic acids is 1. The van der Waals surface area contributed by atoms with Crippen LogP contribution in [0.3, 0.4) is 0 Å². The minimum atomic E-state index is -0.860. The van der Waals surface area contributed by atoms with Crippen molar-refractivity contribution in [1.82, 2.24) is 10.3 Å². The third kappa shape index (κ3) is 3.53. The van der Waals surface area contributed by atoms with Gasteiger partial charge in [-0.05, 0) is 24.5 Å². The summed E-state index contributed by atoms with van der Waals surface area (Å²) in [5, 5.41) is 12.0. The lowest BCUT2D eigenvalue weighted by atomic mass is 9.78. The van der Waals surface area contributed by atoms with E-state index in [-0.39, 0.29) is 5.91 Å². The Labute approximate surface area is 112 Å². The van der Waals surface area contributed by atoms with E-state index in [0.717, 1.165) is 18.4 Å². The lowest BCUT2D eigenvalue weighted by Crippen LogP contribution is -2.39. The average Bonchev–Trinajstić information content (AvgIpc) is 2.46. The van der Waals surface area contributed by atoms with Gasteiger partial charge in [0.15, 0.2) is 0 Å². The molecule has 0 bridgehead atoms. The highest BCUT2D eigenvalue weighted by Gasteiger charge is 2.35. The number of carbonyl (C=O) groups excluding carboxylic acids is 1. The van der Waals surface area contributed by atoms with Crippen LogP contribution in [0.4, 0.5) is 0 Å². The van der Waals surface area contributed by atoms with Crippen LogP contribution in [0.5, 0.6) is 0 Å². The number of carbonyl (C=O) groups is 2. The minimum Gasteiger partial charge on any atom is -0.481 e. The molecule has 102 valence electrons. The molecule has 1 aromatic heterocycles. The monoisotopic (exact) mass is 262 g/mol. The quantitative estimate of drug-likeness (QED) is 0.863. The Morgan fingerprint density at radius 3 is 2.68 bits per heavy atom. The van der Waals surface area contributed by atoms with Gasteiger partial charge in [0.25, 0.3) is 0 Å². The van der Waals surface area contributed by atoms with E-state index >= 15 is 0 Å². The van der Waals surface area contributed by atoms with E-state index in [9.17, 15) is 9.59 Å². The number of nitrogens with one attached hydrogen (secondary N) is 1. The van der Waals surface area contributed by atoms with Crippen molar-refractivity contribution >= 4 is 11.9 Å². The van der Waals surface area contributed by atoms with Crippen molar-refractivity contribution in [2.45, 2.75) is 32.2 Å². The topological polar surface area (TPSA) is 79.3 Å². The van der Waals surface area contributed by atoms with Gasteiger partial charge in [0.05, 0.1) is 11.8 Å². The van der Waals surface area contributed by atoms with Crippen LogP contribution < -0.4 is 5.32 Å². The Morgan fingerprint density at radius 1 is 1.32 bits per heavy atom. The molecule has 2 atom stereocenters. The number of aromatic nitrogens is 1. The van der Waals surface area contributed by atoms with Gasteiger partial charge in [-0.2, -0.15) is 0 Å². The van der Waals surface area contributed by atoms with E-state index in [0.29, 0.717) is 19.4 Å². The van der Waals surface area contributed by atoms with Gasteiger partial charge in [-0.3, -0.25) is 14.6 Å². The molecule has 0 saturated heterocycles. The molecule has 1 heterocycles. The lowest BCUT2D eigenvalue weighted by molar-refractivity contribution is -0.148. The lowest BCUT2D eigenvalue weighted by Gasteiger charge is -2.27. The standard InChI is InChI=1S/C14H18N2O3/c17-13(16-9-10-4-3-7-15-8-10)11-5-1-2-6-12(11)14(18)19/h3-4,7-8,11-12H,1-2,5-6,9H2,(H,16,17)(H,18,19)/t11-,12+/m1/s1. The number of carboxylic acid groups (broad SMARTS) is 1. The molecule has 1 fully saturated rings. The van der Waals surface area contributed by atoms with E-state index in [4.69, 9.17) is 5.11 Å². The van der Waals surface area contributed by atoms with Crippen LogP contribution in [0.15, 0.2) is 24.5 Å². The van der Waals surface area contributed by atoms with Crippen LogP contribution in [0.25, 0.3) is 0 Å². The van der Waals surface area contributed by atoms with Crippen molar-refractivity contribution in [1.29, 1.82) is 0 Å². The van der Waals surface area contributed by atoms with Crippen LogP contribution >= 0.6 is 0 Å². The van der Waals surface area contributed by atoms with Gasteiger partial charge in [-0.25, -0.2) is 0 Å². The zero-order valence-electron chi connectivity index (χ0n) is 10.7. The average molecular weight is 262 g/mol. The summed E-state index contributed by atoms with van der Waals surface area (Å²) in [6, 6.07) is 3.69. The summed E-state index contributed by atoms with van der Waals surface area (Å²) in [7, 11) is 0. The largest absolute Gasteiger partial charge is 0.481 e. The first-order valence-electron chi connectivity index (χ1n) is 6.58. The molecular weight excluding hydrogens is 244 g/mol. The molecule has 2 rings (SSSR count). The first kappa shape index (κ1) is 13.5. The van der Waals surface area contributed by atoms with Crippen molar-refractivity contribution in [3.05, 3.63) is 30.1 Å². The Kier molecular flexibility index (Phi) is 4.49. The predicted octanol–water partition coefficient (Wildman–Crippen LogP) is 1.59. The zero-order chi connectivity index (χ0) is 13.7. The molecule has 5 nitrogen and oxygen atoms in total. The molecule has 1 aromatic rings. The normalized spacial score (nSPS) is 22.7. The summed E-state index contributed by atoms with van der Waals surface area (Å²) in [6.07, 6.45) is 6.44. The maximum absolute atomic E-state index is 12.1. The van der Waals surface area contributed by atoms with E-state index in [2.05, 4.69) is 10.3 Å². The molecule has 1 saturated carbocycles. The Hall–Kier alpha value is -1.91. The molecule has 0 aliphatic heterocycles. The molecule has 1 aliphatic carbocycles. The zero-order valence-corrected chi connectivity index (χ0v) is 10.7. The molecule has 1 aliphatic rings. The van der Waals surface area contributed by atoms with Crippen molar-refractivity contribution in [2.75, 3.05) is 0 Å². The first-order valence-corrected chi connectivity index (χ1v) is 6.58. The van der Waals surface area contributed by atoms with Crippen LogP contribution in [0, 0.1) is 11.8 Å². The molecule has 0 spiro atoms. The van der Waals surface area contributed by atoms with Crippen LogP contribution in [-0.4, -0.2) is 22.0 Å². The van der Waals surface area contributed by atoms with Gasteiger partial charge in [0.2, 0.25) is 5.91 Å². The van der Waals surface area contributed by atoms with Gasteiger partial charge in [0.1, 0.15) is 0 Å². The maximum atomic E-state index is 12.1. The number of rotatable bonds is 4. The highest BCUT2D eigenvalue weighted by molar-refractivity contribution is 5.84. The summed E-state index contributed by atoms with van der Waals surface area (Å²) >= 11 is 0. The van der Waals surface area contributed by atoms with Gasteiger partial charge in [-0.1, -0.05) is 18.9 Å². The number of carboxylic acids is 1. The number of hydrogen-bond donors (Lipinski definition) is 2. The Morgan fingerprint density at radius 2 is 2.05 bits per heavy atom. The van der Waals surface area contributed by atoms with Crippen LogP contribution in [0.1, 0.15) is 31.2 Å². The fourth-order valence-electron chi connectivity index (χ4n) is 2.56. The maximum Gasteiger partial charge on any atom is 0.307 e. The number of amides is 1. The highest BCUT2D eigenvalue weighted by Crippen LogP contribution is 2.30. The highest BCUT2D eigenvalue weighted by atomic mass is 16.4. The van der Waals surface area contributed by atoms with Crippen LogP contribution in [0.2, 0.25) is 0 Å². The molecule has 5 heteroatoms. The Balaban J connectivity index is 1.93. The van der Waals surface area contributed by atoms with E-state index < -0.39 is 17.8 Å². The second kappa shape index (κ2) is 6.31. The SMILES string of the molecule is O=C(O)[C@H]1CCCC[C@H]1C(=O)NCc1cccnc1. The minimum absolute atomic E-state index is 0.157. The predicted molar refractivity (Wildman–Crippen MR) is 69.2 cm³/mol. The molecular formula is C14H18N2O3. The fraction of sp³-hybridized carbons (Fsp3) is 0.500. The molecule has 2 N–H and O–H groups in total. The number of nitrogens with zero attached hydrogens (tertiary/aromatic N) is 1. The van der Waals surface area contributed by atoms with Crippen molar-refractivity contribution in [3.8, 4) is 0 Å². The molecule has 19 heavy (non-hydrogen) atoms. The first-order chi connectivity index (χ1) is 9.18. The van der Waals surface area contributed by atoms with E-state index in [1.807, 2.05) is 12.1 Å². The Bertz CT molecular complexity index is 447. The summed E-state index contributed by atoms with van der Waals surface area (Å²) in [5.41, 5.74) is 0.915. The van der Waals surface area contributed by atoms with Gasteiger partial charge in [-0.15, -0.1) is 0 Å². The van der Waals surface area contributed by atoms with Crippen molar-refractivity contribution in [2.24, 2.45) is 11.8 Å². The third-order valence-corrected chi connectivity index (χ3v) is 3.61. The summed E-state index contributed by atoms with van der Waals surface area (Å²) in [5.74, 6) is -1.96. The van der Waals surface area contributed by atoms with Gasteiger partial charge in [0, 0.05) is 18.9 Å². The molecule has 0 radical (unpaired) electrons. The molecule has 0 aromatic carbocycles. The van der Waals surface area contributed by atoms with E-state index in [1.54, 1.807) is 12.4 Å². The van der Waals surface area contributed by atoms with Gasteiger partial charge >= 0.3 is 5.97 Å². The summed E-state index contributed by atoms with van der Waals surface area (Å²) < 4.78 is 0.